The van der Waals surface area contributed by atoms with Crippen LogP contribution in [0.3, 0.4) is 0 Å². The number of benzene rings is 1. The lowest BCUT2D eigenvalue weighted by molar-refractivity contribution is 0.131. The van der Waals surface area contributed by atoms with Gasteiger partial charge in [-0.15, -0.1) is 11.8 Å². The highest BCUT2D eigenvalue weighted by atomic mass is 32.2. The maximum Gasteiger partial charge on any atom is 0.119 e. The van der Waals surface area contributed by atoms with Crippen LogP contribution in [-0.4, -0.2) is 76.8 Å². The summed E-state index contributed by atoms with van der Waals surface area (Å²) in [6.45, 7) is 6.98. The lowest BCUT2D eigenvalue weighted by Gasteiger charge is -2.23. The standard InChI is InChI=1S/C32H54N2O3S/c1-37-29-12-13-30-28(26-29)27-34(24-25-38-30)23-9-5-3-2-4-8-20-33(21-10-6-14-31(35)16-17-31)22-11-7-15-32(36)18-19-32/h12-13,26,35-36H,2-11,14-25,27H2,1H3. The normalized spacial score (nSPS) is 19.8. The minimum atomic E-state index is -0.297. The minimum Gasteiger partial charge on any atom is -0.497 e. The van der Waals surface area contributed by atoms with Gasteiger partial charge in [-0.2, -0.15) is 0 Å². The van der Waals surface area contributed by atoms with Crippen LogP contribution in [0.25, 0.3) is 0 Å². The third-order valence-electron chi connectivity index (χ3n) is 8.91. The lowest BCUT2D eigenvalue weighted by Crippen LogP contribution is -2.28. The quantitative estimate of drug-likeness (QED) is 0.179. The maximum absolute atomic E-state index is 10.1. The lowest BCUT2D eigenvalue weighted by atomic mass is 10.1. The van der Waals surface area contributed by atoms with E-state index in [4.69, 9.17) is 4.74 Å². The van der Waals surface area contributed by atoms with E-state index in [0.717, 1.165) is 63.7 Å². The van der Waals surface area contributed by atoms with Crippen molar-refractivity contribution in [2.75, 3.05) is 45.6 Å². The molecule has 0 bridgehead atoms. The molecule has 216 valence electrons. The van der Waals surface area contributed by atoms with Crippen molar-refractivity contribution < 1.29 is 14.9 Å². The van der Waals surface area contributed by atoms with E-state index >= 15 is 0 Å². The Hall–Kier alpha value is -0.790. The molecule has 0 aromatic heterocycles. The van der Waals surface area contributed by atoms with Crippen molar-refractivity contribution in [1.29, 1.82) is 0 Å². The molecule has 6 heteroatoms. The van der Waals surface area contributed by atoms with Gasteiger partial charge in [0.2, 0.25) is 0 Å². The molecule has 0 radical (unpaired) electrons. The Morgan fingerprint density at radius 2 is 1.39 bits per heavy atom. The zero-order chi connectivity index (χ0) is 26.7. The predicted octanol–water partition coefficient (Wildman–Crippen LogP) is 6.64. The van der Waals surface area contributed by atoms with Crippen LogP contribution in [0, 0.1) is 0 Å². The fourth-order valence-corrected chi connectivity index (χ4v) is 6.87. The first kappa shape index (κ1) is 30.2. The van der Waals surface area contributed by atoms with Crippen LogP contribution in [-0.2, 0) is 6.54 Å². The SMILES string of the molecule is COc1ccc2c(c1)CN(CCCCCCCCN(CCCCC1(O)CC1)CCCCC1(O)CC1)CCS2. The number of rotatable bonds is 20. The van der Waals surface area contributed by atoms with Gasteiger partial charge in [-0.05, 0) is 127 Å². The van der Waals surface area contributed by atoms with Crippen molar-refractivity contribution in [1.82, 2.24) is 9.80 Å². The molecule has 0 atom stereocenters. The Balaban J connectivity index is 1.04. The number of fused-ring (bicyclic) bond motifs is 1. The molecule has 0 spiro atoms. The highest BCUT2D eigenvalue weighted by Gasteiger charge is 2.39. The molecular formula is C32H54N2O3S. The van der Waals surface area contributed by atoms with E-state index in [2.05, 4.69) is 28.0 Å². The van der Waals surface area contributed by atoms with Gasteiger partial charge in [0.05, 0.1) is 18.3 Å². The Labute approximate surface area is 236 Å². The summed E-state index contributed by atoms with van der Waals surface area (Å²) in [6, 6.07) is 6.53. The van der Waals surface area contributed by atoms with Gasteiger partial charge in [-0.1, -0.05) is 25.7 Å². The largest absolute Gasteiger partial charge is 0.497 e. The van der Waals surface area contributed by atoms with E-state index in [1.54, 1.807) is 7.11 Å². The number of thioether (sulfide) groups is 1. The van der Waals surface area contributed by atoms with Gasteiger partial charge in [0, 0.05) is 23.7 Å². The predicted molar refractivity (Wildman–Crippen MR) is 159 cm³/mol. The third-order valence-corrected chi connectivity index (χ3v) is 10.0. The van der Waals surface area contributed by atoms with Gasteiger partial charge in [0.15, 0.2) is 0 Å². The zero-order valence-corrected chi connectivity index (χ0v) is 24.9. The Morgan fingerprint density at radius 1 is 0.816 bits per heavy atom. The van der Waals surface area contributed by atoms with E-state index in [1.165, 1.54) is 100 Å². The van der Waals surface area contributed by atoms with Gasteiger partial charge in [-0.25, -0.2) is 0 Å². The van der Waals surface area contributed by atoms with Crippen molar-refractivity contribution in [2.45, 2.75) is 125 Å². The number of nitrogens with zero attached hydrogens (tertiary/aromatic N) is 2. The van der Waals surface area contributed by atoms with Crippen LogP contribution in [0.2, 0.25) is 0 Å². The van der Waals surface area contributed by atoms with E-state index < -0.39 is 0 Å². The molecule has 38 heavy (non-hydrogen) atoms. The molecule has 1 heterocycles. The second kappa shape index (κ2) is 15.3. The molecular weight excluding hydrogens is 492 g/mol. The summed E-state index contributed by atoms with van der Waals surface area (Å²) >= 11 is 1.98. The van der Waals surface area contributed by atoms with Crippen LogP contribution >= 0.6 is 11.8 Å². The van der Waals surface area contributed by atoms with Crippen molar-refractivity contribution in [3.63, 3.8) is 0 Å². The zero-order valence-electron chi connectivity index (χ0n) is 24.1. The number of unbranched alkanes of at least 4 members (excludes halogenated alkanes) is 7. The van der Waals surface area contributed by atoms with Crippen molar-refractivity contribution >= 4 is 11.8 Å². The Bertz CT molecular complexity index is 801. The molecule has 5 nitrogen and oxygen atoms in total. The summed E-state index contributed by atoms with van der Waals surface area (Å²) < 4.78 is 5.44. The van der Waals surface area contributed by atoms with E-state index in [0.29, 0.717) is 0 Å². The highest BCUT2D eigenvalue weighted by Crippen LogP contribution is 2.40. The average Bonchev–Trinajstić information content (AvgIpc) is 3.84. The van der Waals surface area contributed by atoms with Crippen LogP contribution in [0.4, 0.5) is 0 Å². The fraction of sp³-hybridized carbons (Fsp3) is 0.812. The van der Waals surface area contributed by atoms with Crippen molar-refractivity contribution in [3.8, 4) is 5.75 Å². The smallest absolute Gasteiger partial charge is 0.119 e. The third kappa shape index (κ3) is 11.0. The summed E-state index contributed by atoms with van der Waals surface area (Å²) in [7, 11) is 1.75. The molecule has 2 fully saturated rings. The van der Waals surface area contributed by atoms with Crippen LogP contribution in [0.15, 0.2) is 23.1 Å². The first-order valence-electron chi connectivity index (χ1n) is 15.7. The first-order chi connectivity index (χ1) is 18.5. The number of hydrogen-bond donors (Lipinski definition) is 2. The van der Waals surface area contributed by atoms with E-state index in [-0.39, 0.29) is 11.2 Å². The number of ether oxygens (including phenoxy) is 1. The molecule has 0 amide bonds. The summed E-state index contributed by atoms with van der Waals surface area (Å²) in [5.41, 5.74) is 0.826. The summed E-state index contributed by atoms with van der Waals surface area (Å²) in [6.07, 6.45) is 18.7. The summed E-state index contributed by atoms with van der Waals surface area (Å²) in [5, 5.41) is 20.2. The monoisotopic (exact) mass is 546 g/mol. The number of hydrogen-bond acceptors (Lipinski definition) is 6. The first-order valence-corrected chi connectivity index (χ1v) is 16.6. The Kier molecular flexibility index (Phi) is 12.1. The van der Waals surface area contributed by atoms with Gasteiger partial charge in [0.1, 0.15) is 5.75 Å². The maximum atomic E-state index is 10.1. The molecule has 0 unspecified atom stereocenters. The second-order valence-corrected chi connectivity index (χ2v) is 13.6. The van der Waals surface area contributed by atoms with Gasteiger partial charge >= 0.3 is 0 Å². The van der Waals surface area contributed by atoms with Gasteiger partial charge < -0.3 is 19.8 Å². The van der Waals surface area contributed by atoms with Crippen LogP contribution < -0.4 is 4.74 Å². The Morgan fingerprint density at radius 3 is 2.00 bits per heavy atom. The second-order valence-electron chi connectivity index (χ2n) is 12.4. The fourth-order valence-electron chi connectivity index (χ4n) is 5.82. The molecule has 3 aliphatic rings. The van der Waals surface area contributed by atoms with Crippen molar-refractivity contribution in [3.05, 3.63) is 23.8 Å². The van der Waals surface area contributed by atoms with E-state index in [9.17, 15) is 10.2 Å². The number of aliphatic hydroxyl groups is 2. The van der Waals surface area contributed by atoms with Gasteiger partial charge in [-0.3, -0.25) is 4.90 Å². The molecule has 2 aliphatic carbocycles. The molecule has 0 saturated heterocycles. The van der Waals surface area contributed by atoms with Gasteiger partial charge in [0.25, 0.3) is 0 Å². The van der Waals surface area contributed by atoms with E-state index in [1.807, 2.05) is 11.8 Å². The number of methoxy groups -OCH3 is 1. The van der Waals surface area contributed by atoms with Crippen molar-refractivity contribution in [2.24, 2.45) is 0 Å². The summed E-state index contributed by atoms with van der Waals surface area (Å²) in [5.74, 6) is 2.15. The topological polar surface area (TPSA) is 56.2 Å². The molecule has 1 aliphatic heterocycles. The highest BCUT2D eigenvalue weighted by molar-refractivity contribution is 7.99. The molecule has 2 saturated carbocycles. The summed E-state index contributed by atoms with van der Waals surface area (Å²) in [4.78, 5) is 6.71. The molecule has 2 N–H and O–H groups in total. The van der Waals surface area contributed by atoms with Crippen LogP contribution in [0.1, 0.15) is 108 Å². The molecule has 1 aromatic rings. The average molecular weight is 547 g/mol. The minimum absolute atomic E-state index is 0.297. The van der Waals surface area contributed by atoms with Crippen LogP contribution in [0.5, 0.6) is 5.75 Å². The molecule has 4 rings (SSSR count). The molecule has 1 aromatic carbocycles.